The van der Waals surface area contributed by atoms with E-state index in [1.165, 1.54) is 12.0 Å². The number of pyridine rings is 1. The van der Waals surface area contributed by atoms with Gasteiger partial charge in [-0.15, -0.1) is 0 Å². The van der Waals surface area contributed by atoms with E-state index in [9.17, 15) is 4.39 Å². The number of aryl methyl sites for hydroxylation is 1. The molecule has 0 spiro atoms. The summed E-state index contributed by atoms with van der Waals surface area (Å²) < 4.78 is 17.5. The summed E-state index contributed by atoms with van der Waals surface area (Å²) in [4.78, 5) is 15.2. The SMILES string of the molecule is C=C1c2cc(-c3ccc(OCCF)nc3)ccc2CCCN1Cc1ncccn1.CCC. The molecule has 2 aromatic heterocycles. The van der Waals surface area contributed by atoms with Gasteiger partial charge in [-0.3, -0.25) is 0 Å². The lowest BCUT2D eigenvalue weighted by Gasteiger charge is -2.24. The van der Waals surface area contributed by atoms with Gasteiger partial charge in [0.2, 0.25) is 5.88 Å². The maximum Gasteiger partial charge on any atom is 0.213 e. The van der Waals surface area contributed by atoms with Crippen LogP contribution in [0.5, 0.6) is 5.88 Å². The van der Waals surface area contributed by atoms with Gasteiger partial charge in [0.25, 0.3) is 0 Å². The van der Waals surface area contributed by atoms with E-state index in [-0.39, 0.29) is 6.61 Å². The standard InChI is InChI=1S/C23H23FN4O.C3H8/c1-17-21-14-19(20-7-8-23(27-15-20)29-13-9-24)6-5-18(21)4-2-12-28(17)16-22-25-10-3-11-26-22;1-3-2/h3,5-8,10-11,14-15H,1-2,4,9,12-13,16H2;3H2,1-2H3. The molecule has 5 nitrogen and oxygen atoms in total. The number of rotatable bonds is 6. The lowest BCUT2D eigenvalue weighted by atomic mass is 9.97. The smallest absolute Gasteiger partial charge is 0.213 e. The lowest BCUT2D eigenvalue weighted by molar-refractivity contribution is 0.264. The van der Waals surface area contributed by atoms with Crippen molar-refractivity contribution in [3.63, 3.8) is 0 Å². The Labute approximate surface area is 190 Å². The van der Waals surface area contributed by atoms with Crippen LogP contribution in [0, 0.1) is 0 Å². The molecule has 0 aliphatic carbocycles. The summed E-state index contributed by atoms with van der Waals surface area (Å²) in [5.41, 5.74) is 5.48. The highest BCUT2D eigenvalue weighted by molar-refractivity contribution is 5.73. The number of benzene rings is 1. The van der Waals surface area contributed by atoms with Gasteiger partial charge in [0.05, 0.1) is 6.54 Å². The molecule has 0 amide bonds. The van der Waals surface area contributed by atoms with Gasteiger partial charge in [-0.25, -0.2) is 19.3 Å². The van der Waals surface area contributed by atoms with Crippen molar-refractivity contribution in [1.82, 2.24) is 19.9 Å². The van der Waals surface area contributed by atoms with Crippen molar-refractivity contribution in [3.05, 3.63) is 78.5 Å². The number of alkyl halides is 1. The number of hydrogen-bond donors (Lipinski definition) is 0. The van der Waals surface area contributed by atoms with Gasteiger partial charge in [-0.05, 0) is 42.2 Å². The first-order valence-electron chi connectivity index (χ1n) is 11.1. The van der Waals surface area contributed by atoms with Gasteiger partial charge in [0.1, 0.15) is 19.1 Å². The number of hydrogen-bond acceptors (Lipinski definition) is 5. The van der Waals surface area contributed by atoms with E-state index in [1.807, 2.05) is 12.1 Å². The van der Waals surface area contributed by atoms with Crippen LogP contribution in [-0.4, -0.2) is 39.7 Å². The highest BCUT2D eigenvalue weighted by Gasteiger charge is 2.19. The van der Waals surface area contributed by atoms with Crippen LogP contribution in [-0.2, 0) is 13.0 Å². The lowest BCUT2D eigenvalue weighted by Crippen LogP contribution is -2.22. The Morgan fingerprint density at radius 2 is 1.81 bits per heavy atom. The first kappa shape index (κ1) is 23.4. The molecule has 4 rings (SSSR count). The summed E-state index contributed by atoms with van der Waals surface area (Å²) in [5, 5.41) is 0. The second-order valence-corrected chi connectivity index (χ2v) is 7.64. The summed E-state index contributed by atoms with van der Waals surface area (Å²) in [7, 11) is 0. The fourth-order valence-electron chi connectivity index (χ4n) is 3.54. The first-order chi connectivity index (χ1) is 15.7. The fourth-order valence-corrected chi connectivity index (χ4v) is 3.54. The zero-order chi connectivity index (χ0) is 22.8. The van der Waals surface area contributed by atoms with Crippen molar-refractivity contribution in [2.24, 2.45) is 0 Å². The van der Waals surface area contributed by atoms with Crippen molar-refractivity contribution in [3.8, 4) is 17.0 Å². The highest BCUT2D eigenvalue weighted by atomic mass is 19.1. The Kier molecular flexibility index (Phi) is 8.72. The monoisotopic (exact) mass is 434 g/mol. The maximum absolute atomic E-state index is 12.2. The minimum absolute atomic E-state index is 0.0198. The Hall–Kier alpha value is -3.28. The van der Waals surface area contributed by atoms with Crippen LogP contribution in [0.15, 0.2) is 61.6 Å². The van der Waals surface area contributed by atoms with Gasteiger partial charge in [0.15, 0.2) is 0 Å². The minimum Gasteiger partial charge on any atom is -0.475 e. The zero-order valence-corrected chi connectivity index (χ0v) is 18.9. The van der Waals surface area contributed by atoms with Crippen LogP contribution >= 0.6 is 0 Å². The molecule has 168 valence electrons. The van der Waals surface area contributed by atoms with Crippen molar-refractivity contribution in [2.45, 2.75) is 39.7 Å². The second-order valence-electron chi connectivity index (χ2n) is 7.64. The topological polar surface area (TPSA) is 51.1 Å². The maximum atomic E-state index is 12.2. The van der Waals surface area contributed by atoms with E-state index >= 15 is 0 Å². The van der Waals surface area contributed by atoms with Gasteiger partial charge in [-0.2, -0.15) is 0 Å². The molecule has 3 aromatic rings. The van der Waals surface area contributed by atoms with Gasteiger partial charge in [0, 0.05) is 48.0 Å². The minimum atomic E-state index is -0.527. The van der Waals surface area contributed by atoms with Crippen LogP contribution in [0.2, 0.25) is 0 Å². The molecule has 0 saturated heterocycles. The summed E-state index contributed by atoms with van der Waals surface area (Å²) in [6.45, 7) is 9.68. The molecule has 0 unspecified atom stereocenters. The quantitative estimate of drug-likeness (QED) is 0.496. The number of fused-ring (bicyclic) bond motifs is 1. The Morgan fingerprint density at radius 3 is 2.50 bits per heavy atom. The fraction of sp³-hybridized carbons (Fsp3) is 0.346. The average Bonchev–Trinajstić information content (AvgIpc) is 2.98. The average molecular weight is 435 g/mol. The molecule has 0 atom stereocenters. The third-order valence-electron chi connectivity index (χ3n) is 5.02. The summed E-state index contributed by atoms with van der Waals surface area (Å²) in [6, 6.07) is 12.0. The van der Waals surface area contributed by atoms with Crippen LogP contribution in [0.1, 0.15) is 43.6 Å². The van der Waals surface area contributed by atoms with Gasteiger partial charge in [-0.1, -0.05) is 39.0 Å². The predicted octanol–water partition coefficient (Wildman–Crippen LogP) is 5.72. The van der Waals surface area contributed by atoms with E-state index < -0.39 is 6.67 Å². The predicted molar refractivity (Wildman–Crippen MR) is 127 cm³/mol. The van der Waals surface area contributed by atoms with Crippen molar-refractivity contribution >= 4 is 5.70 Å². The van der Waals surface area contributed by atoms with E-state index in [4.69, 9.17) is 4.74 Å². The van der Waals surface area contributed by atoms with E-state index in [2.05, 4.69) is 58.5 Å². The molecular formula is C26H31FN4O. The number of halogens is 1. The summed E-state index contributed by atoms with van der Waals surface area (Å²) in [6.07, 6.45) is 8.60. The van der Waals surface area contributed by atoms with Crippen LogP contribution in [0.3, 0.4) is 0 Å². The highest BCUT2D eigenvalue weighted by Crippen LogP contribution is 2.32. The molecule has 1 aromatic carbocycles. The van der Waals surface area contributed by atoms with Gasteiger partial charge < -0.3 is 9.64 Å². The van der Waals surface area contributed by atoms with E-state index in [0.717, 1.165) is 47.6 Å². The van der Waals surface area contributed by atoms with Crippen molar-refractivity contribution in [1.29, 1.82) is 0 Å². The Balaban J connectivity index is 0.000000913. The number of aromatic nitrogens is 3. The van der Waals surface area contributed by atoms with Crippen LogP contribution in [0.25, 0.3) is 16.8 Å². The molecule has 0 radical (unpaired) electrons. The molecule has 0 bridgehead atoms. The third-order valence-corrected chi connectivity index (χ3v) is 5.02. The first-order valence-corrected chi connectivity index (χ1v) is 11.1. The molecule has 3 heterocycles. The second kappa shape index (κ2) is 11.9. The molecule has 0 saturated carbocycles. The van der Waals surface area contributed by atoms with Crippen molar-refractivity contribution < 1.29 is 9.13 Å². The van der Waals surface area contributed by atoms with Crippen LogP contribution in [0.4, 0.5) is 4.39 Å². The molecule has 32 heavy (non-hydrogen) atoms. The molecule has 1 aliphatic heterocycles. The normalized spacial score (nSPS) is 13.0. The molecular weight excluding hydrogens is 403 g/mol. The van der Waals surface area contributed by atoms with Crippen molar-refractivity contribution in [2.75, 3.05) is 19.8 Å². The third kappa shape index (κ3) is 6.13. The molecule has 0 fully saturated rings. The summed E-state index contributed by atoms with van der Waals surface area (Å²) >= 11 is 0. The van der Waals surface area contributed by atoms with Gasteiger partial charge >= 0.3 is 0 Å². The Morgan fingerprint density at radius 1 is 1.06 bits per heavy atom. The zero-order valence-electron chi connectivity index (χ0n) is 18.9. The Bertz CT molecular complexity index is 992. The molecule has 0 N–H and O–H groups in total. The molecule has 1 aliphatic rings. The largest absolute Gasteiger partial charge is 0.475 e. The van der Waals surface area contributed by atoms with E-state index in [0.29, 0.717) is 12.4 Å². The number of nitrogens with zero attached hydrogens (tertiary/aromatic N) is 4. The summed E-state index contributed by atoms with van der Waals surface area (Å²) in [5.74, 6) is 1.22. The molecule has 6 heteroatoms. The number of ether oxygens (including phenoxy) is 1. The van der Waals surface area contributed by atoms with Crippen LogP contribution < -0.4 is 4.74 Å². The van der Waals surface area contributed by atoms with E-state index in [1.54, 1.807) is 24.7 Å².